The van der Waals surface area contributed by atoms with Crippen LogP contribution < -0.4 is 0 Å². The van der Waals surface area contributed by atoms with Gasteiger partial charge in [0, 0.05) is 31.7 Å². The molecule has 1 saturated heterocycles. The van der Waals surface area contributed by atoms with E-state index in [-0.39, 0.29) is 30.0 Å². The SMILES string of the molecule is Cc1noc(C)c1C(C)C(=O)N1CCN(C(=O)Cc2ccc(F)cc2)CC1. The molecule has 1 unspecified atom stereocenters. The minimum atomic E-state index is -0.322. The van der Waals surface area contributed by atoms with Crippen LogP contribution in [0.3, 0.4) is 0 Å². The Morgan fingerprint density at radius 3 is 2.26 bits per heavy atom. The van der Waals surface area contributed by atoms with Gasteiger partial charge in [-0.25, -0.2) is 4.39 Å². The highest BCUT2D eigenvalue weighted by Crippen LogP contribution is 2.25. The zero-order valence-corrected chi connectivity index (χ0v) is 15.9. The predicted octanol–water partition coefficient (Wildman–Crippen LogP) is 2.45. The van der Waals surface area contributed by atoms with E-state index in [2.05, 4.69) is 5.16 Å². The average Bonchev–Trinajstić information content (AvgIpc) is 3.01. The highest BCUT2D eigenvalue weighted by Gasteiger charge is 2.30. The molecule has 1 aromatic heterocycles. The lowest BCUT2D eigenvalue weighted by Gasteiger charge is -2.36. The van der Waals surface area contributed by atoms with Gasteiger partial charge in [0.15, 0.2) is 0 Å². The van der Waals surface area contributed by atoms with Crippen molar-refractivity contribution in [2.75, 3.05) is 26.2 Å². The quantitative estimate of drug-likeness (QED) is 0.826. The molecular weight excluding hydrogens is 349 g/mol. The summed E-state index contributed by atoms with van der Waals surface area (Å²) in [7, 11) is 0. The van der Waals surface area contributed by atoms with Gasteiger partial charge >= 0.3 is 0 Å². The number of benzene rings is 1. The Morgan fingerprint density at radius 2 is 1.70 bits per heavy atom. The summed E-state index contributed by atoms with van der Waals surface area (Å²) in [5.74, 6) is 0.0485. The molecule has 1 fully saturated rings. The molecule has 0 spiro atoms. The van der Waals surface area contributed by atoms with Crippen LogP contribution >= 0.6 is 0 Å². The zero-order chi connectivity index (χ0) is 19.6. The maximum atomic E-state index is 13.0. The highest BCUT2D eigenvalue weighted by atomic mass is 19.1. The van der Waals surface area contributed by atoms with Crippen molar-refractivity contribution < 1.29 is 18.5 Å². The molecule has 0 N–H and O–H groups in total. The van der Waals surface area contributed by atoms with Crippen LogP contribution in [0.4, 0.5) is 4.39 Å². The smallest absolute Gasteiger partial charge is 0.230 e. The fourth-order valence-corrected chi connectivity index (χ4v) is 3.57. The first-order valence-corrected chi connectivity index (χ1v) is 9.10. The second-order valence-corrected chi connectivity index (χ2v) is 6.97. The van der Waals surface area contributed by atoms with Crippen LogP contribution in [0.2, 0.25) is 0 Å². The Bertz CT molecular complexity index is 804. The molecule has 1 aliphatic heterocycles. The van der Waals surface area contributed by atoms with Crippen molar-refractivity contribution >= 4 is 11.8 Å². The zero-order valence-electron chi connectivity index (χ0n) is 15.9. The Morgan fingerprint density at radius 1 is 1.11 bits per heavy atom. The summed E-state index contributed by atoms with van der Waals surface area (Å²) in [5, 5.41) is 3.92. The first-order chi connectivity index (χ1) is 12.9. The molecule has 7 heteroatoms. The van der Waals surface area contributed by atoms with E-state index in [0.29, 0.717) is 31.9 Å². The molecule has 0 radical (unpaired) electrons. The van der Waals surface area contributed by atoms with Crippen LogP contribution in [-0.2, 0) is 16.0 Å². The van der Waals surface area contributed by atoms with Crippen LogP contribution in [0, 0.1) is 19.7 Å². The summed E-state index contributed by atoms with van der Waals surface area (Å²) < 4.78 is 18.1. The fourth-order valence-electron chi connectivity index (χ4n) is 3.57. The molecule has 2 aromatic rings. The monoisotopic (exact) mass is 373 g/mol. The van der Waals surface area contributed by atoms with Gasteiger partial charge in [-0.05, 0) is 38.5 Å². The van der Waals surface area contributed by atoms with Gasteiger partial charge in [-0.2, -0.15) is 0 Å². The summed E-state index contributed by atoms with van der Waals surface area (Å²) in [6, 6.07) is 5.96. The molecule has 0 bridgehead atoms. The van der Waals surface area contributed by atoms with E-state index in [1.54, 1.807) is 21.9 Å². The number of rotatable bonds is 4. The summed E-state index contributed by atoms with van der Waals surface area (Å²) in [4.78, 5) is 28.8. The van der Waals surface area contributed by atoms with Crippen molar-refractivity contribution in [3.63, 3.8) is 0 Å². The number of nitrogens with zero attached hydrogens (tertiary/aromatic N) is 3. The minimum Gasteiger partial charge on any atom is -0.361 e. The molecule has 2 amide bonds. The van der Waals surface area contributed by atoms with Gasteiger partial charge in [0.25, 0.3) is 0 Å². The van der Waals surface area contributed by atoms with Crippen molar-refractivity contribution in [2.45, 2.75) is 33.1 Å². The summed E-state index contributed by atoms with van der Waals surface area (Å²) >= 11 is 0. The lowest BCUT2D eigenvalue weighted by Crippen LogP contribution is -2.51. The molecule has 6 nitrogen and oxygen atoms in total. The van der Waals surface area contributed by atoms with Crippen molar-refractivity contribution in [1.82, 2.24) is 15.0 Å². The molecule has 144 valence electrons. The highest BCUT2D eigenvalue weighted by molar-refractivity contribution is 5.84. The largest absolute Gasteiger partial charge is 0.361 e. The van der Waals surface area contributed by atoms with E-state index in [0.717, 1.165) is 16.8 Å². The molecule has 1 atom stereocenters. The Labute approximate surface area is 157 Å². The summed E-state index contributed by atoms with van der Waals surface area (Å²) in [5.41, 5.74) is 2.36. The number of hydrogen-bond acceptors (Lipinski definition) is 4. The lowest BCUT2D eigenvalue weighted by atomic mass is 9.97. The van der Waals surface area contributed by atoms with E-state index in [9.17, 15) is 14.0 Å². The molecule has 0 saturated carbocycles. The topological polar surface area (TPSA) is 66.7 Å². The number of carbonyl (C=O) groups excluding carboxylic acids is 2. The van der Waals surface area contributed by atoms with Crippen molar-refractivity contribution in [3.8, 4) is 0 Å². The third-order valence-electron chi connectivity index (χ3n) is 5.10. The first kappa shape index (κ1) is 19.1. The van der Waals surface area contributed by atoms with Crippen molar-refractivity contribution in [1.29, 1.82) is 0 Å². The molecule has 2 heterocycles. The normalized spacial score (nSPS) is 15.7. The van der Waals surface area contributed by atoms with Gasteiger partial charge in [0.2, 0.25) is 11.8 Å². The maximum Gasteiger partial charge on any atom is 0.230 e. The second kappa shape index (κ2) is 7.90. The third-order valence-corrected chi connectivity index (χ3v) is 5.10. The minimum absolute atomic E-state index is 0.00696. The van der Waals surface area contributed by atoms with E-state index in [4.69, 9.17) is 4.52 Å². The first-order valence-electron chi connectivity index (χ1n) is 9.10. The third kappa shape index (κ3) is 4.18. The Balaban J connectivity index is 1.55. The number of halogens is 1. The fraction of sp³-hybridized carbons (Fsp3) is 0.450. The van der Waals surface area contributed by atoms with Crippen LogP contribution in [0.15, 0.2) is 28.8 Å². The Hall–Kier alpha value is -2.70. The van der Waals surface area contributed by atoms with Gasteiger partial charge < -0.3 is 14.3 Å². The van der Waals surface area contributed by atoms with Crippen molar-refractivity contribution in [2.24, 2.45) is 0 Å². The summed E-state index contributed by atoms with van der Waals surface area (Å²) in [6.45, 7) is 7.51. The number of hydrogen-bond donors (Lipinski definition) is 0. The lowest BCUT2D eigenvalue weighted by molar-refractivity contribution is -0.139. The molecular formula is C20H24FN3O3. The summed E-state index contributed by atoms with van der Waals surface area (Å²) in [6.07, 6.45) is 0.240. The number of carbonyl (C=O) groups is 2. The molecule has 27 heavy (non-hydrogen) atoms. The maximum absolute atomic E-state index is 13.0. The van der Waals surface area contributed by atoms with Gasteiger partial charge in [0.1, 0.15) is 11.6 Å². The number of aryl methyl sites for hydroxylation is 2. The second-order valence-electron chi connectivity index (χ2n) is 6.97. The number of piperazine rings is 1. The predicted molar refractivity (Wildman–Crippen MR) is 97.7 cm³/mol. The van der Waals surface area contributed by atoms with Gasteiger partial charge in [-0.3, -0.25) is 9.59 Å². The van der Waals surface area contributed by atoms with Crippen LogP contribution in [-0.4, -0.2) is 52.9 Å². The molecule has 0 aliphatic carbocycles. The van der Waals surface area contributed by atoms with E-state index < -0.39 is 0 Å². The van der Waals surface area contributed by atoms with Crippen molar-refractivity contribution in [3.05, 3.63) is 52.7 Å². The van der Waals surface area contributed by atoms with Gasteiger partial charge in [-0.15, -0.1) is 0 Å². The van der Waals surface area contributed by atoms with Crippen LogP contribution in [0.5, 0.6) is 0 Å². The van der Waals surface area contributed by atoms with Gasteiger partial charge in [0.05, 0.1) is 18.0 Å². The van der Waals surface area contributed by atoms with Crippen LogP contribution in [0.25, 0.3) is 0 Å². The van der Waals surface area contributed by atoms with E-state index >= 15 is 0 Å². The standard InChI is InChI=1S/C20H24FN3O3/c1-13(19-14(2)22-27-15(19)3)20(26)24-10-8-23(9-11-24)18(25)12-16-4-6-17(21)7-5-16/h4-7,13H,8-12H2,1-3H3. The molecule has 1 aliphatic rings. The number of aromatic nitrogens is 1. The van der Waals surface area contributed by atoms with E-state index in [1.165, 1.54) is 12.1 Å². The Kier molecular flexibility index (Phi) is 5.58. The average molecular weight is 373 g/mol. The number of amides is 2. The molecule has 1 aromatic carbocycles. The van der Waals surface area contributed by atoms with Gasteiger partial charge in [-0.1, -0.05) is 17.3 Å². The van der Waals surface area contributed by atoms with E-state index in [1.807, 2.05) is 20.8 Å². The molecule has 3 rings (SSSR count). The van der Waals surface area contributed by atoms with Crippen LogP contribution in [0.1, 0.15) is 35.4 Å².